The molecule has 0 unspecified atom stereocenters. The van der Waals surface area contributed by atoms with E-state index in [0.29, 0.717) is 5.78 Å². The first kappa shape index (κ1) is 14.6. The van der Waals surface area contributed by atoms with Gasteiger partial charge in [-0.3, -0.25) is 4.79 Å². The number of phenols is 1. The van der Waals surface area contributed by atoms with Crippen LogP contribution in [0.3, 0.4) is 0 Å². The SMILES string of the molecule is Cc1cc(C)n2nc(C(=O)N/N=C/c3ccc(O)cc3)nc2n1. The first-order chi connectivity index (χ1) is 11.0. The normalized spacial score (nSPS) is 11.2. The molecule has 0 radical (unpaired) electrons. The van der Waals surface area contributed by atoms with Crippen molar-refractivity contribution in [2.24, 2.45) is 5.10 Å². The Balaban J connectivity index is 1.75. The van der Waals surface area contributed by atoms with E-state index in [1.165, 1.54) is 22.9 Å². The van der Waals surface area contributed by atoms with Gasteiger partial charge in [0.05, 0.1) is 6.21 Å². The zero-order valence-electron chi connectivity index (χ0n) is 12.6. The molecule has 23 heavy (non-hydrogen) atoms. The summed E-state index contributed by atoms with van der Waals surface area (Å²) in [5, 5.41) is 17.1. The fourth-order valence-corrected chi connectivity index (χ4v) is 2.04. The molecule has 0 aliphatic heterocycles. The predicted octanol–water partition coefficient (Wildman–Crippen LogP) is 1.21. The number of hydrazone groups is 1. The third-order valence-corrected chi connectivity index (χ3v) is 3.09. The van der Waals surface area contributed by atoms with E-state index in [2.05, 4.69) is 25.6 Å². The minimum atomic E-state index is -0.525. The van der Waals surface area contributed by atoms with Crippen molar-refractivity contribution >= 4 is 17.9 Å². The number of phenolic OH excluding ortho intramolecular Hbond substituents is 1. The Morgan fingerprint density at radius 3 is 2.74 bits per heavy atom. The van der Waals surface area contributed by atoms with E-state index in [1.54, 1.807) is 12.1 Å². The summed E-state index contributed by atoms with van der Waals surface area (Å²) in [5.74, 6) is 0.00468. The second kappa shape index (κ2) is 5.84. The van der Waals surface area contributed by atoms with Crippen LogP contribution in [0.4, 0.5) is 0 Å². The molecule has 3 aromatic rings. The summed E-state index contributed by atoms with van der Waals surface area (Å²) < 4.78 is 1.51. The van der Waals surface area contributed by atoms with Crippen LogP contribution in [0.15, 0.2) is 35.4 Å². The molecule has 0 saturated heterocycles. The van der Waals surface area contributed by atoms with Gasteiger partial charge < -0.3 is 5.11 Å². The minimum Gasteiger partial charge on any atom is -0.508 e. The van der Waals surface area contributed by atoms with Gasteiger partial charge in [0.15, 0.2) is 0 Å². The molecular formula is C15H14N6O2. The third kappa shape index (κ3) is 3.15. The molecule has 0 saturated carbocycles. The number of hydrogen-bond acceptors (Lipinski definition) is 6. The molecule has 116 valence electrons. The zero-order chi connectivity index (χ0) is 16.4. The van der Waals surface area contributed by atoms with Crippen LogP contribution in [0, 0.1) is 13.8 Å². The van der Waals surface area contributed by atoms with Crippen LogP contribution in [0.5, 0.6) is 5.75 Å². The average Bonchev–Trinajstić information content (AvgIpc) is 2.93. The van der Waals surface area contributed by atoms with E-state index in [1.807, 2.05) is 19.9 Å². The van der Waals surface area contributed by atoms with E-state index >= 15 is 0 Å². The monoisotopic (exact) mass is 310 g/mol. The lowest BCUT2D eigenvalue weighted by Crippen LogP contribution is -2.19. The molecule has 2 N–H and O–H groups in total. The summed E-state index contributed by atoms with van der Waals surface area (Å²) in [7, 11) is 0. The Labute approximate surface area is 131 Å². The highest BCUT2D eigenvalue weighted by molar-refractivity contribution is 5.91. The molecule has 2 aromatic heterocycles. The molecule has 1 aromatic carbocycles. The van der Waals surface area contributed by atoms with Crippen LogP contribution in [0.2, 0.25) is 0 Å². The minimum absolute atomic E-state index is 0.00550. The van der Waals surface area contributed by atoms with Gasteiger partial charge in [-0.05, 0) is 49.7 Å². The van der Waals surface area contributed by atoms with E-state index in [9.17, 15) is 9.90 Å². The maximum Gasteiger partial charge on any atom is 0.311 e. The first-order valence-corrected chi connectivity index (χ1v) is 6.86. The quantitative estimate of drug-likeness (QED) is 0.559. The van der Waals surface area contributed by atoms with Gasteiger partial charge in [0.2, 0.25) is 5.82 Å². The Morgan fingerprint density at radius 1 is 1.26 bits per heavy atom. The van der Waals surface area contributed by atoms with Crippen molar-refractivity contribution < 1.29 is 9.90 Å². The number of nitrogens with one attached hydrogen (secondary N) is 1. The van der Waals surface area contributed by atoms with Crippen LogP contribution in [0.25, 0.3) is 5.78 Å². The molecule has 0 atom stereocenters. The van der Waals surface area contributed by atoms with Crippen LogP contribution >= 0.6 is 0 Å². The van der Waals surface area contributed by atoms with E-state index < -0.39 is 5.91 Å². The van der Waals surface area contributed by atoms with Gasteiger partial charge in [-0.1, -0.05) is 0 Å². The number of hydrogen-bond donors (Lipinski definition) is 2. The number of aromatic hydroxyl groups is 1. The van der Waals surface area contributed by atoms with Crippen molar-refractivity contribution in [1.82, 2.24) is 25.0 Å². The summed E-state index contributed by atoms with van der Waals surface area (Å²) in [5.41, 5.74) is 4.74. The molecule has 0 aliphatic carbocycles. The molecule has 8 heteroatoms. The molecule has 0 fully saturated rings. The average molecular weight is 310 g/mol. The number of benzene rings is 1. The summed E-state index contributed by atoms with van der Waals surface area (Å²) in [6, 6.07) is 8.26. The van der Waals surface area contributed by atoms with Gasteiger partial charge in [-0.2, -0.15) is 10.1 Å². The predicted molar refractivity (Wildman–Crippen MR) is 83.4 cm³/mol. The molecule has 3 rings (SSSR count). The molecule has 1 amide bonds. The van der Waals surface area contributed by atoms with Crippen molar-refractivity contribution in [2.45, 2.75) is 13.8 Å². The van der Waals surface area contributed by atoms with Crippen molar-refractivity contribution in [3.63, 3.8) is 0 Å². The van der Waals surface area contributed by atoms with Gasteiger partial charge in [0, 0.05) is 11.4 Å². The summed E-state index contributed by atoms with van der Waals surface area (Å²) >= 11 is 0. The molecule has 8 nitrogen and oxygen atoms in total. The van der Waals surface area contributed by atoms with Crippen molar-refractivity contribution in [2.75, 3.05) is 0 Å². The van der Waals surface area contributed by atoms with Gasteiger partial charge >= 0.3 is 5.91 Å². The highest BCUT2D eigenvalue weighted by atomic mass is 16.3. The third-order valence-electron chi connectivity index (χ3n) is 3.09. The number of carbonyl (C=O) groups is 1. The number of carbonyl (C=O) groups excluding carboxylic acids is 1. The van der Waals surface area contributed by atoms with Crippen LogP contribution < -0.4 is 5.43 Å². The number of fused-ring (bicyclic) bond motifs is 1. The van der Waals surface area contributed by atoms with Gasteiger partial charge in [0.25, 0.3) is 5.78 Å². The molecular weight excluding hydrogens is 296 g/mol. The lowest BCUT2D eigenvalue weighted by molar-refractivity contribution is 0.0945. The molecule has 0 aliphatic rings. The topological polar surface area (TPSA) is 105 Å². The fraction of sp³-hybridized carbons (Fsp3) is 0.133. The zero-order valence-corrected chi connectivity index (χ0v) is 12.6. The second-order valence-electron chi connectivity index (χ2n) is 4.98. The van der Waals surface area contributed by atoms with Crippen molar-refractivity contribution in [3.05, 3.63) is 53.1 Å². The maximum absolute atomic E-state index is 12.0. The molecule has 0 bridgehead atoms. The first-order valence-electron chi connectivity index (χ1n) is 6.86. The van der Waals surface area contributed by atoms with Gasteiger partial charge in [0.1, 0.15) is 5.75 Å². The molecule has 0 spiro atoms. The highest BCUT2D eigenvalue weighted by Crippen LogP contribution is 2.08. The van der Waals surface area contributed by atoms with E-state index in [4.69, 9.17) is 0 Å². The van der Waals surface area contributed by atoms with Crippen LogP contribution in [-0.4, -0.2) is 36.8 Å². The van der Waals surface area contributed by atoms with Gasteiger partial charge in [-0.15, -0.1) is 5.10 Å². The van der Waals surface area contributed by atoms with E-state index in [-0.39, 0.29) is 11.6 Å². The number of aryl methyl sites for hydroxylation is 2. The van der Waals surface area contributed by atoms with Crippen molar-refractivity contribution in [3.8, 4) is 5.75 Å². The molecule has 2 heterocycles. The maximum atomic E-state index is 12.0. The number of aromatic nitrogens is 4. The van der Waals surface area contributed by atoms with Crippen LogP contribution in [0.1, 0.15) is 27.6 Å². The Bertz CT molecular complexity index is 898. The smallest absolute Gasteiger partial charge is 0.311 e. The lowest BCUT2D eigenvalue weighted by Gasteiger charge is -1.97. The number of rotatable bonds is 3. The second-order valence-corrected chi connectivity index (χ2v) is 4.98. The Kier molecular flexibility index (Phi) is 3.71. The fourth-order valence-electron chi connectivity index (χ4n) is 2.04. The largest absolute Gasteiger partial charge is 0.508 e. The number of nitrogens with zero attached hydrogens (tertiary/aromatic N) is 5. The van der Waals surface area contributed by atoms with Crippen LogP contribution in [-0.2, 0) is 0 Å². The number of amides is 1. The summed E-state index contributed by atoms with van der Waals surface area (Å²) in [6.07, 6.45) is 1.46. The summed E-state index contributed by atoms with van der Waals surface area (Å²) in [6.45, 7) is 3.71. The Hall–Kier alpha value is -3.29. The lowest BCUT2D eigenvalue weighted by atomic mass is 10.2. The van der Waals surface area contributed by atoms with Gasteiger partial charge in [-0.25, -0.2) is 14.9 Å². The summed E-state index contributed by atoms with van der Waals surface area (Å²) in [4.78, 5) is 20.3. The van der Waals surface area contributed by atoms with E-state index in [0.717, 1.165) is 17.0 Å². The standard InChI is InChI=1S/C15H14N6O2/c1-9-7-10(2)21-15(17-9)18-13(20-21)14(23)19-16-8-11-3-5-12(22)6-4-11/h3-8,22H,1-2H3,(H,19,23)/b16-8+. The van der Waals surface area contributed by atoms with Crippen molar-refractivity contribution in [1.29, 1.82) is 0 Å². The Morgan fingerprint density at radius 2 is 2.00 bits per heavy atom. The highest BCUT2D eigenvalue weighted by Gasteiger charge is 2.14.